The van der Waals surface area contributed by atoms with Crippen LogP contribution in [0.4, 0.5) is 0 Å². The number of nitrogens with two attached hydrogens (primary N) is 1. The molecule has 5 nitrogen and oxygen atoms in total. The van der Waals surface area contributed by atoms with E-state index >= 15 is 0 Å². The second kappa shape index (κ2) is 5.74. The third kappa shape index (κ3) is 2.97. The first-order chi connectivity index (χ1) is 9.61. The van der Waals surface area contributed by atoms with Crippen LogP contribution < -0.4 is 5.73 Å². The zero-order valence-corrected chi connectivity index (χ0v) is 11.4. The molecule has 1 aromatic carbocycles. The maximum Gasteiger partial charge on any atom is 0.355 e. The van der Waals surface area contributed by atoms with Crippen LogP contribution in [0.25, 0.3) is 0 Å². The molecule has 0 spiro atoms. The summed E-state index contributed by atoms with van der Waals surface area (Å²) in [5.74, 6) is -0.485. The van der Waals surface area contributed by atoms with Gasteiger partial charge in [-0.2, -0.15) is 5.26 Å². The molecule has 5 heteroatoms. The van der Waals surface area contributed by atoms with E-state index in [2.05, 4.69) is 12.1 Å². The quantitative estimate of drug-likeness (QED) is 0.384. The minimum absolute atomic E-state index is 0.134. The Morgan fingerprint density at radius 2 is 2.10 bits per heavy atom. The Bertz CT molecular complexity index is 566. The smallest absolute Gasteiger partial charge is 0.355 e. The third-order valence-electron chi connectivity index (χ3n) is 3.37. The number of amidine groups is 1. The molecule has 0 radical (unpaired) electrons. The Hall–Kier alpha value is -2.35. The zero-order chi connectivity index (χ0) is 14.6. The number of hydrogen-bond donors (Lipinski definition) is 1. The van der Waals surface area contributed by atoms with Gasteiger partial charge in [-0.3, -0.25) is 0 Å². The monoisotopic (exact) mass is 271 g/mol. The first kappa shape index (κ1) is 14.1. The van der Waals surface area contributed by atoms with Crippen LogP contribution in [0.15, 0.2) is 29.4 Å². The summed E-state index contributed by atoms with van der Waals surface area (Å²) in [4.78, 5) is 16.4. The fraction of sp³-hybridized carbons (Fsp3) is 0.400. The lowest BCUT2D eigenvalue weighted by molar-refractivity contribution is -0.147. The molecule has 2 rings (SSSR count). The van der Waals surface area contributed by atoms with Gasteiger partial charge in [-0.05, 0) is 24.8 Å². The summed E-state index contributed by atoms with van der Waals surface area (Å²) in [5, 5.41) is 12.5. The summed E-state index contributed by atoms with van der Waals surface area (Å²) >= 11 is 0. The van der Waals surface area contributed by atoms with Crippen molar-refractivity contribution in [2.45, 2.75) is 32.6 Å². The average molecular weight is 271 g/mol. The van der Waals surface area contributed by atoms with E-state index in [1.165, 1.54) is 5.56 Å². The summed E-state index contributed by atoms with van der Waals surface area (Å²) in [5.41, 5.74) is 6.69. The second-order valence-electron chi connectivity index (χ2n) is 5.00. The predicted octanol–water partition coefficient (Wildman–Crippen LogP) is 2.11. The van der Waals surface area contributed by atoms with Crippen molar-refractivity contribution in [1.82, 2.24) is 0 Å². The maximum atomic E-state index is 11.6. The largest absolute Gasteiger partial charge is 0.380 e. The number of hydrogen-bond acceptors (Lipinski definition) is 4. The highest BCUT2D eigenvalue weighted by molar-refractivity contribution is 5.97. The molecule has 20 heavy (non-hydrogen) atoms. The molecule has 0 atom stereocenters. The van der Waals surface area contributed by atoms with Gasteiger partial charge in [0.15, 0.2) is 11.3 Å². The topological polar surface area (TPSA) is 88.5 Å². The van der Waals surface area contributed by atoms with Crippen molar-refractivity contribution in [3.8, 4) is 6.07 Å². The van der Waals surface area contributed by atoms with Crippen molar-refractivity contribution in [2.75, 3.05) is 0 Å². The summed E-state index contributed by atoms with van der Waals surface area (Å²) in [7, 11) is 0. The second-order valence-corrected chi connectivity index (χ2v) is 5.00. The molecule has 0 amide bonds. The maximum absolute atomic E-state index is 11.6. The van der Waals surface area contributed by atoms with Gasteiger partial charge in [-0.15, -0.1) is 0 Å². The standard InChI is InChI=1S/C15H17N3O2/c1-2-3-11-4-6-12(7-5-11)13(17)18-20-14(19)15(10-16)8-9-15/h4-7H,2-3,8-9H2,1H3,(H2,17,18). The molecule has 0 aliphatic heterocycles. The first-order valence-electron chi connectivity index (χ1n) is 6.67. The lowest BCUT2D eigenvalue weighted by atomic mass is 10.1. The number of aryl methyl sites for hydroxylation is 1. The number of carbonyl (C=O) groups excluding carboxylic acids is 1. The molecular weight excluding hydrogens is 254 g/mol. The van der Waals surface area contributed by atoms with Gasteiger partial charge in [0.25, 0.3) is 0 Å². The lowest BCUT2D eigenvalue weighted by Crippen LogP contribution is -2.19. The normalized spacial score (nSPS) is 16.3. The van der Waals surface area contributed by atoms with Crippen LogP contribution in [0.1, 0.15) is 37.3 Å². The molecule has 0 saturated heterocycles. The van der Waals surface area contributed by atoms with E-state index < -0.39 is 11.4 Å². The number of rotatable bonds is 5. The number of oxime groups is 1. The van der Waals surface area contributed by atoms with E-state index in [1.54, 1.807) is 0 Å². The number of nitrogens with zero attached hydrogens (tertiary/aromatic N) is 2. The van der Waals surface area contributed by atoms with E-state index in [-0.39, 0.29) is 5.84 Å². The Kier molecular flexibility index (Phi) is 4.04. The summed E-state index contributed by atoms with van der Waals surface area (Å²) in [6.45, 7) is 2.12. The van der Waals surface area contributed by atoms with Gasteiger partial charge < -0.3 is 10.6 Å². The van der Waals surface area contributed by atoms with Crippen molar-refractivity contribution in [1.29, 1.82) is 5.26 Å². The van der Waals surface area contributed by atoms with Gasteiger partial charge in [-0.25, -0.2) is 4.79 Å². The first-order valence-corrected chi connectivity index (χ1v) is 6.67. The highest BCUT2D eigenvalue weighted by Gasteiger charge is 2.53. The molecule has 0 aromatic heterocycles. The molecule has 104 valence electrons. The fourth-order valence-corrected chi connectivity index (χ4v) is 1.85. The van der Waals surface area contributed by atoms with E-state index in [1.807, 2.05) is 30.3 Å². The van der Waals surface area contributed by atoms with Gasteiger partial charge >= 0.3 is 5.97 Å². The summed E-state index contributed by atoms with van der Waals surface area (Å²) < 4.78 is 0. The SMILES string of the molecule is CCCc1ccc(/C(N)=N/OC(=O)C2(C#N)CC2)cc1. The number of nitriles is 1. The minimum atomic E-state index is -0.991. The van der Waals surface area contributed by atoms with Crippen molar-refractivity contribution < 1.29 is 9.63 Å². The highest BCUT2D eigenvalue weighted by atomic mass is 16.7. The van der Waals surface area contributed by atoms with Gasteiger partial charge in [0.1, 0.15) is 0 Å². The van der Waals surface area contributed by atoms with Crippen LogP contribution in [0.5, 0.6) is 0 Å². The van der Waals surface area contributed by atoms with Crippen LogP contribution >= 0.6 is 0 Å². The molecule has 1 aliphatic carbocycles. The Morgan fingerprint density at radius 1 is 1.45 bits per heavy atom. The Balaban J connectivity index is 2.00. The highest BCUT2D eigenvalue weighted by Crippen LogP contribution is 2.45. The minimum Gasteiger partial charge on any atom is -0.380 e. The van der Waals surface area contributed by atoms with Gasteiger partial charge in [-0.1, -0.05) is 42.8 Å². The zero-order valence-electron chi connectivity index (χ0n) is 11.4. The molecule has 1 saturated carbocycles. The number of benzene rings is 1. The van der Waals surface area contributed by atoms with E-state index in [0.29, 0.717) is 18.4 Å². The third-order valence-corrected chi connectivity index (χ3v) is 3.37. The van der Waals surface area contributed by atoms with Crippen molar-refractivity contribution in [3.63, 3.8) is 0 Å². The molecular formula is C15H17N3O2. The fourth-order valence-electron chi connectivity index (χ4n) is 1.85. The van der Waals surface area contributed by atoms with Crippen molar-refractivity contribution in [3.05, 3.63) is 35.4 Å². The van der Waals surface area contributed by atoms with Crippen LogP contribution in [-0.4, -0.2) is 11.8 Å². The van der Waals surface area contributed by atoms with Crippen molar-refractivity contribution >= 4 is 11.8 Å². The number of carbonyl (C=O) groups is 1. The molecule has 0 bridgehead atoms. The predicted molar refractivity (Wildman–Crippen MR) is 74.5 cm³/mol. The Morgan fingerprint density at radius 3 is 2.60 bits per heavy atom. The van der Waals surface area contributed by atoms with Crippen LogP contribution in [0.2, 0.25) is 0 Å². The molecule has 0 heterocycles. The van der Waals surface area contributed by atoms with Crippen LogP contribution in [-0.2, 0) is 16.1 Å². The molecule has 1 aromatic rings. The van der Waals surface area contributed by atoms with Gasteiger partial charge in [0.2, 0.25) is 0 Å². The van der Waals surface area contributed by atoms with Crippen molar-refractivity contribution in [2.24, 2.45) is 16.3 Å². The summed E-state index contributed by atoms with van der Waals surface area (Å²) in [6, 6.07) is 9.58. The van der Waals surface area contributed by atoms with E-state index in [9.17, 15) is 4.79 Å². The lowest BCUT2D eigenvalue weighted by Gasteiger charge is -2.04. The van der Waals surface area contributed by atoms with Crippen LogP contribution in [0, 0.1) is 16.7 Å². The molecule has 1 aliphatic rings. The van der Waals surface area contributed by atoms with Gasteiger partial charge in [0.05, 0.1) is 6.07 Å². The van der Waals surface area contributed by atoms with E-state index in [4.69, 9.17) is 15.8 Å². The summed E-state index contributed by atoms with van der Waals surface area (Å²) in [6.07, 6.45) is 3.15. The van der Waals surface area contributed by atoms with E-state index in [0.717, 1.165) is 12.8 Å². The molecule has 2 N–H and O–H groups in total. The Labute approximate surface area is 118 Å². The van der Waals surface area contributed by atoms with Gasteiger partial charge in [0, 0.05) is 5.56 Å². The molecule has 1 fully saturated rings. The van der Waals surface area contributed by atoms with Crippen LogP contribution in [0.3, 0.4) is 0 Å². The molecule has 0 unspecified atom stereocenters. The average Bonchev–Trinajstić information content (AvgIpc) is 3.26.